The molecule has 11 heteroatoms. The molecule has 0 radical (unpaired) electrons. The zero-order valence-corrected chi connectivity index (χ0v) is 17.8. The number of nitrogens with zero attached hydrogens (tertiary/aromatic N) is 4. The van der Waals surface area contributed by atoms with Crippen LogP contribution in [0.2, 0.25) is 0 Å². The highest BCUT2D eigenvalue weighted by Crippen LogP contribution is 2.46. The number of aryl methyl sites for hydroxylation is 1. The Morgan fingerprint density at radius 2 is 2.00 bits per heavy atom. The van der Waals surface area contributed by atoms with Gasteiger partial charge in [0.25, 0.3) is 5.91 Å². The molecular formula is C20H20F3N5O2S. The van der Waals surface area contributed by atoms with Gasteiger partial charge in [-0.1, -0.05) is 0 Å². The number of alkyl halides is 3. The molecule has 0 atom stereocenters. The van der Waals surface area contributed by atoms with Crippen LogP contribution in [0.4, 0.5) is 24.8 Å². The van der Waals surface area contributed by atoms with E-state index in [-0.39, 0.29) is 12.5 Å². The standard InChI is InChI=1S/C20H20F3N5O2S/c1-19(2)17-13(18(29)28(19)8-9-30-20(21,22)23)11-14(31-17)12-4-6-24-15(10-12)26-16-5-7-25-27(16)3/h4-7,10-11H,8-9H2,1-3H3,(H,24,26). The van der Waals surface area contributed by atoms with E-state index in [4.69, 9.17) is 0 Å². The number of halogens is 3. The summed E-state index contributed by atoms with van der Waals surface area (Å²) in [5, 5.41) is 7.30. The minimum Gasteiger partial charge on any atom is -0.326 e. The van der Waals surface area contributed by atoms with Crippen molar-refractivity contribution in [1.82, 2.24) is 19.7 Å². The van der Waals surface area contributed by atoms with Gasteiger partial charge < -0.3 is 10.2 Å². The van der Waals surface area contributed by atoms with Gasteiger partial charge in [0.1, 0.15) is 11.6 Å². The number of hydrogen-bond donors (Lipinski definition) is 1. The van der Waals surface area contributed by atoms with Gasteiger partial charge in [-0.25, -0.2) is 4.98 Å². The third-order valence-corrected chi connectivity index (χ3v) is 6.64. The first-order valence-corrected chi connectivity index (χ1v) is 10.3. The predicted octanol–water partition coefficient (Wildman–Crippen LogP) is 4.51. The number of amides is 1. The fourth-order valence-corrected chi connectivity index (χ4v) is 4.84. The third kappa shape index (κ3) is 4.15. The lowest BCUT2D eigenvalue weighted by molar-refractivity contribution is -0.325. The van der Waals surface area contributed by atoms with Gasteiger partial charge in [-0.15, -0.1) is 24.5 Å². The fourth-order valence-electron chi connectivity index (χ4n) is 3.58. The Morgan fingerprint density at radius 3 is 2.65 bits per heavy atom. The van der Waals surface area contributed by atoms with Crippen molar-refractivity contribution in [3.05, 3.63) is 47.1 Å². The first kappa shape index (κ1) is 21.3. The minimum absolute atomic E-state index is 0.143. The maximum absolute atomic E-state index is 12.9. The zero-order valence-electron chi connectivity index (χ0n) is 17.0. The van der Waals surface area contributed by atoms with Crippen molar-refractivity contribution in [1.29, 1.82) is 0 Å². The van der Waals surface area contributed by atoms with Crippen molar-refractivity contribution in [2.75, 3.05) is 18.5 Å². The van der Waals surface area contributed by atoms with E-state index in [2.05, 4.69) is 20.1 Å². The molecule has 1 N–H and O–H groups in total. The molecule has 164 valence electrons. The summed E-state index contributed by atoms with van der Waals surface area (Å²) in [7, 11) is 1.81. The van der Waals surface area contributed by atoms with Gasteiger partial charge in [-0.3, -0.25) is 14.2 Å². The third-order valence-electron chi connectivity index (χ3n) is 5.14. The molecule has 0 saturated carbocycles. The molecule has 0 unspecified atom stereocenters. The Balaban J connectivity index is 1.55. The quantitative estimate of drug-likeness (QED) is 0.597. The molecule has 1 aliphatic rings. The minimum atomic E-state index is -4.71. The maximum atomic E-state index is 12.9. The molecule has 31 heavy (non-hydrogen) atoms. The number of anilines is 2. The van der Waals surface area contributed by atoms with Gasteiger partial charge in [-0.2, -0.15) is 5.10 Å². The van der Waals surface area contributed by atoms with Crippen molar-refractivity contribution in [3.8, 4) is 10.4 Å². The molecule has 0 saturated heterocycles. The zero-order chi connectivity index (χ0) is 22.4. The number of carbonyl (C=O) groups is 1. The largest absolute Gasteiger partial charge is 0.522 e. The van der Waals surface area contributed by atoms with E-state index in [1.165, 1.54) is 16.2 Å². The van der Waals surface area contributed by atoms with Crippen LogP contribution < -0.4 is 5.32 Å². The summed E-state index contributed by atoms with van der Waals surface area (Å²) in [5.74, 6) is 1.12. The molecule has 0 aromatic carbocycles. The van der Waals surface area contributed by atoms with Gasteiger partial charge in [-0.05, 0) is 37.6 Å². The van der Waals surface area contributed by atoms with E-state index in [0.717, 1.165) is 21.1 Å². The molecule has 3 aromatic rings. The first-order chi connectivity index (χ1) is 14.6. The van der Waals surface area contributed by atoms with Crippen LogP contribution in [0.25, 0.3) is 10.4 Å². The summed E-state index contributed by atoms with van der Waals surface area (Å²) in [6.45, 7) is 2.91. The van der Waals surface area contributed by atoms with Crippen molar-refractivity contribution >= 4 is 28.9 Å². The average molecular weight is 451 g/mol. The van der Waals surface area contributed by atoms with Crippen LogP contribution in [0.1, 0.15) is 29.1 Å². The number of aromatic nitrogens is 3. The Labute approximate surface area is 180 Å². The number of ether oxygens (including phenoxy) is 1. The number of thiophene rings is 1. The van der Waals surface area contributed by atoms with E-state index in [1.54, 1.807) is 23.1 Å². The van der Waals surface area contributed by atoms with Crippen LogP contribution in [0, 0.1) is 0 Å². The maximum Gasteiger partial charge on any atom is 0.522 e. The number of rotatable bonds is 6. The SMILES string of the molecule is Cn1nccc1Nc1cc(-c2cc3c(s2)C(C)(C)N(CCOC(F)(F)F)C3=O)ccn1. The molecule has 4 rings (SSSR count). The van der Waals surface area contributed by atoms with Crippen LogP contribution in [0.5, 0.6) is 0 Å². The second-order valence-electron chi connectivity index (χ2n) is 7.56. The van der Waals surface area contributed by atoms with E-state index in [0.29, 0.717) is 11.4 Å². The average Bonchev–Trinajstić information content (AvgIpc) is 3.35. The highest BCUT2D eigenvalue weighted by atomic mass is 32.1. The lowest BCUT2D eigenvalue weighted by atomic mass is 10.0. The second-order valence-corrected chi connectivity index (χ2v) is 8.61. The molecule has 0 spiro atoms. The highest BCUT2D eigenvalue weighted by molar-refractivity contribution is 7.16. The molecule has 0 aliphatic carbocycles. The fraction of sp³-hybridized carbons (Fsp3) is 0.350. The first-order valence-electron chi connectivity index (χ1n) is 9.45. The second kappa shape index (κ2) is 7.65. The lowest BCUT2D eigenvalue weighted by Gasteiger charge is -2.32. The van der Waals surface area contributed by atoms with Crippen LogP contribution in [-0.4, -0.2) is 45.1 Å². The summed E-state index contributed by atoms with van der Waals surface area (Å²) in [6.07, 6.45) is -1.37. The molecule has 7 nitrogen and oxygen atoms in total. The number of carbonyl (C=O) groups excluding carboxylic acids is 1. The molecule has 3 aromatic heterocycles. The number of nitrogens with one attached hydrogen (secondary N) is 1. The van der Waals surface area contributed by atoms with Crippen LogP contribution >= 0.6 is 11.3 Å². The molecule has 0 fully saturated rings. The summed E-state index contributed by atoms with van der Waals surface area (Å²) < 4.78 is 42.4. The Morgan fingerprint density at radius 1 is 1.23 bits per heavy atom. The van der Waals surface area contributed by atoms with Crippen LogP contribution in [0.3, 0.4) is 0 Å². The molecule has 1 amide bonds. The van der Waals surface area contributed by atoms with E-state index in [9.17, 15) is 18.0 Å². The van der Waals surface area contributed by atoms with E-state index >= 15 is 0 Å². The molecule has 0 bridgehead atoms. The summed E-state index contributed by atoms with van der Waals surface area (Å²) in [6, 6.07) is 7.34. The summed E-state index contributed by atoms with van der Waals surface area (Å²) in [5.41, 5.74) is 0.664. The Bertz CT molecular complexity index is 1120. The highest BCUT2D eigenvalue weighted by Gasteiger charge is 2.45. The van der Waals surface area contributed by atoms with Gasteiger partial charge in [0, 0.05) is 35.6 Å². The van der Waals surface area contributed by atoms with Gasteiger partial charge in [0.15, 0.2) is 0 Å². The number of pyridine rings is 1. The van der Waals surface area contributed by atoms with Crippen molar-refractivity contribution in [2.24, 2.45) is 7.05 Å². The normalized spacial score (nSPS) is 15.4. The van der Waals surface area contributed by atoms with Gasteiger partial charge in [0.2, 0.25) is 0 Å². The van der Waals surface area contributed by atoms with Crippen molar-refractivity contribution in [3.63, 3.8) is 0 Å². The number of fused-ring (bicyclic) bond motifs is 1. The topological polar surface area (TPSA) is 72.3 Å². The predicted molar refractivity (Wildman–Crippen MR) is 110 cm³/mol. The van der Waals surface area contributed by atoms with Crippen LogP contribution in [-0.2, 0) is 17.3 Å². The van der Waals surface area contributed by atoms with Gasteiger partial charge in [0.05, 0.1) is 23.9 Å². The van der Waals surface area contributed by atoms with Crippen molar-refractivity contribution < 1.29 is 22.7 Å². The van der Waals surface area contributed by atoms with Crippen LogP contribution in [0.15, 0.2) is 36.7 Å². The molecule has 1 aliphatic heterocycles. The number of hydrogen-bond acceptors (Lipinski definition) is 6. The van der Waals surface area contributed by atoms with Crippen molar-refractivity contribution in [2.45, 2.75) is 25.7 Å². The summed E-state index contributed by atoms with van der Waals surface area (Å²) in [4.78, 5) is 20.3. The van der Waals surface area contributed by atoms with Gasteiger partial charge >= 0.3 is 6.36 Å². The Hall–Kier alpha value is -2.92. The Kier molecular flexibility index (Phi) is 5.26. The smallest absolute Gasteiger partial charge is 0.326 e. The molecule has 4 heterocycles. The van der Waals surface area contributed by atoms with E-state index in [1.807, 2.05) is 39.1 Å². The monoisotopic (exact) mass is 451 g/mol. The lowest BCUT2D eigenvalue weighted by Crippen LogP contribution is -2.41. The molecular weight excluding hydrogens is 431 g/mol. The summed E-state index contributed by atoms with van der Waals surface area (Å²) >= 11 is 1.45. The van der Waals surface area contributed by atoms with E-state index < -0.39 is 18.5 Å².